The van der Waals surface area contributed by atoms with Crippen molar-refractivity contribution < 1.29 is 14.3 Å². The highest BCUT2D eigenvalue weighted by atomic mass is 16.5. The molecule has 162 valence electrons. The highest BCUT2D eigenvalue weighted by molar-refractivity contribution is 6.08. The normalized spacial score (nSPS) is 15.5. The Kier molecular flexibility index (Phi) is 5.59. The van der Waals surface area contributed by atoms with Gasteiger partial charge in [-0.1, -0.05) is 19.1 Å². The molecule has 6 N–H and O–H groups in total. The van der Waals surface area contributed by atoms with Crippen LogP contribution in [0.5, 0.6) is 0 Å². The molecule has 2 aliphatic rings. The second-order valence-corrected chi connectivity index (χ2v) is 7.30. The van der Waals surface area contributed by atoms with Crippen molar-refractivity contribution in [2.45, 2.75) is 32.8 Å². The monoisotopic (exact) mass is 423 g/mol. The highest BCUT2D eigenvalue weighted by Gasteiger charge is 2.33. The number of nitrogen functional groups attached to an aromatic ring is 1. The van der Waals surface area contributed by atoms with Crippen molar-refractivity contribution in [3.05, 3.63) is 53.5 Å². The molecule has 3 heterocycles. The molecule has 0 saturated carbocycles. The number of hydrazine groups is 2. The average molecular weight is 423 g/mol. The number of pyridine rings is 1. The highest BCUT2D eigenvalue weighted by Crippen LogP contribution is 2.41. The van der Waals surface area contributed by atoms with Crippen LogP contribution in [-0.2, 0) is 16.1 Å². The number of nitrogens with zero attached hydrogens (tertiary/aromatic N) is 4. The number of ketones is 1. The Bertz CT molecular complexity index is 1100. The molecule has 0 radical (unpaired) electrons. The predicted octanol–water partition coefficient (Wildman–Crippen LogP) is 1.51. The lowest BCUT2D eigenvalue weighted by molar-refractivity contribution is -0.118. The van der Waals surface area contributed by atoms with Gasteiger partial charge >= 0.3 is 0 Å². The van der Waals surface area contributed by atoms with Gasteiger partial charge in [0, 0.05) is 18.2 Å². The molecule has 0 fully saturated rings. The molecule has 0 saturated heterocycles. The maximum Gasteiger partial charge on any atom is 0.242 e. The second-order valence-electron chi connectivity index (χ2n) is 7.30. The SMILES string of the molecule is CCC(=O)N(N)c1cc(-c2c(N(N)C3=CCCC=C3)c3c(n2N)COCC3=O)ccn1. The first-order valence-electron chi connectivity index (χ1n) is 10.0. The fourth-order valence-corrected chi connectivity index (χ4v) is 3.79. The van der Waals surface area contributed by atoms with Gasteiger partial charge in [0.05, 0.1) is 34.9 Å². The molecule has 0 atom stereocenters. The van der Waals surface area contributed by atoms with Crippen molar-refractivity contribution in [3.8, 4) is 11.3 Å². The molecule has 0 aromatic carbocycles. The van der Waals surface area contributed by atoms with Crippen LogP contribution in [0.25, 0.3) is 11.3 Å². The molecule has 0 bridgehead atoms. The first-order valence-corrected chi connectivity index (χ1v) is 10.0. The van der Waals surface area contributed by atoms with E-state index in [0.717, 1.165) is 23.5 Å². The van der Waals surface area contributed by atoms with E-state index in [9.17, 15) is 9.59 Å². The van der Waals surface area contributed by atoms with Crippen LogP contribution in [-0.4, -0.2) is 28.0 Å². The molecular weight excluding hydrogens is 398 g/mol. The minimum Gasteiger partial charge on any atom is -0.367 e. The van der Waals surface area contributed by atoms with Gasteiger partial charge in [-0.25, -0.2) is 21.7 Å². The van der Waals surface area contributed by atoms with Gasteiger partial charge in [-0.2, -0.15) is 0 Å². The first kappa shape index (κ1) is 20.8. The summed E-state index contributed by atoms with van der Waals surface area (Å²) in [6, 6.07) is 3.37. The van der Waals surface area contributed by atoms with Gasteiger partial charge in [-0.05, 0) is 31.1 Å². The zero-order chi connectivity index (χ0) is 22.1. The van der Waals surface area contributed by atoms with Gasteiger partial charge in [0.1, 0.15) is 12.4 Å². The van der Waals surface area contributed by atoms with Crippen molar-refractivity contribution in [2.24, 2.45) is 11.7 Å². The summed E-state index contributed by atoms with van der Waals surface area (Å²) in [5.74, 6) is 18.7. The summed E-state index contributed by atoms with van der Waals surface area (Å²) in [7, 11) is 0. The number of anilines is 2. The third-order valence-corrected chi connectivity index (χ3v) is 5.36. The summed E-state index contributed by atoms with van der Waals surface area (Å²) in [6.07, 6.45) is 9.49. The van der Waals surface area contributed by atoms with Gasteiger partial charge in [0.25, 0.3) is 0 Å². The fourth-order valence-electron chi connectivity index (χ4n) is 3.79. The van der Waals surface area contributed by atoms with Crippen LogP contribution in [0.2, 0.25) is 0 Å². The Morgan fingerprint density at radius 2 is 2.10 bits per heavy atom. The van der Waals surface area contributed by atoms with Crippen LogP contribution in [0.15, 0.2) is 42.3 Å². The number of rotatable bonds is 5. The number of aromatic nitrogens is 2. The number of ether oxygens (including phenoxy) is 1. The Morgan fingerprint density at radius 3 is 2.81 bits per heavy atom. The largest absolute Gasteiger partial charge is 0.367 e. The summed E-state index contributed by atoms with van der Waals surface area (Å²) < 4.78 is 6.82. The van der Waals surface area contributed by atoms with Crippen LogP contribution in [0, 0.1) is 0 Å². The lowest BCUT2D eigenvalue weighted by Crippen LogP contribution is -2.37. The van der Waals surface area contributed by atoms with Gasteiger partial charge < -0.3 is 10.6 Å². The van der Waals surface area contributed by atoms with Crippen LogP contribution < -0.4 is 27.5 Å². The Balaban J connectivity index is 1.91. The lowest BCUT2D eigenvalue weighted by atomic mass is 10.0. The molecule has 2 aromatic rings. The van der Waals surface area contributed by atoms with Crippen LogP contribution in [0.3, 0.4) is 0 Å². The molecular formula is C21H25N7O3. The second kappa shape index (κ2) is 8.34. The number of carbonyl (C=O) groups is 2. The van der Waals surface area contributed by atoms with E-state index in [4.69, 9.17) is 22.3 Å². The molecule has 10 nitrogen and oxygen atoms in total. The van der Waals surface area contributed by atoms with Crippen molar-refractivity contribution in [1.29, 1.82) is 0 Å². The smallest absolute Gasteiger partial charge is 0.242 e. The molecule has 4 rings (SSSR count). The van der Waals surface area contributed by atoms with Crippen LogP contribution in [0.1, 0.15) is 42.2 Å². The molecule has 0 spiro atoms. The number of fused-ring (bicyclic) bond motifs is 1. The first-order chi connectivity index (χ1) is 14.9. The zero-order valence-electron chi connectivity index (χ0n) is 17.2. The molecule has 31 heavy (non-hydrogen) atoms. The van der Waals surface area contributed by atoms with E-state index in [1.165, 1.54) is 15.9 Å². The third kappa shape index (κ3) is 3.61. The zero-order valence-corrected chi connectivity index (χ0v) is 17.2. The lowest BCUT2D eigenvalue weighted by Gasteiger charge is -2.24. The van der Waals surface area contributed by atoms with Crippen molar-refractivity contribution >= 4 is 23.2 Å². The van der Waals surface area contributed by atoms with E-state index < -0.39 is 0 Å². The van der Waals surface area contributed by atoms with E-state index in [1.807, 2.05) is 18.2 Å². The number of hydrogen-bond donors (Lipinski definition) is 3. The van der Waals surface area contributed by atoms with Crippen molar-refractivity contribution in [1.82, 2.24) is 9.66 Å². The van der Waals surface area contributed by atoms with Crippen LogP contribution in [0.4, 0.5) is 11.5 Å². The minimum absolute atomic E-state index is 0.0463. The molecule has 1 aliphatic carbocycles. The van der Waals surface area contributed by atoms with Gasteiger partial charge in [0.2, 0.25) is 5.91 Å². The topological polar surface area (TPSA) is 146 Å². The number of hydrogen-bond acceptors (Lipinski definition) is 8. The summed E-state index contributed by atoms with van der Waals surface area (Å²) in [6.45, 7) is 1.85. The van der Waals surface area contributed by atoms with Crippen molar-refractivity contribution in [2.75, 3.05) is 22.5 Å². The third-order valence-electron chi connectivity index (χ3n) is 5.36. The Labute approximate surface area is 179 Å². The molecule has 0 unspecified atom stereocenters. The summed E-state index contributed by atoms with van der Waals surface area (Å²) in [5, 5.41) is 2.47. The van der Waals surface area contributed by atoms with E-state index in [1.54, 1.807) is 19.1 Å². The van der Waals surface area contributed by atoms with Crippen molar-refractivity contribution in [3.63, 3.8) is 0 Å². The number of nitrogens with two attached hydrogens (primary N) is 3. The number of Topliss-reactive ketones (excluding diaryl/α,β-unsaturated/α-hetero) is 1. The van der Waals surface area contributed by atoms with E-state index >= 15 is 0 Å². The Morgan fingerprint density at radius 1 is 1.29 bits per heavy atom. The predicted molar refractivity (Wildman–Crippen MR) is 117 cm³/mol. The number of carbonyl (C=O) groups excluding carboxylic acids is 2. The standard InChI is InChI=1S/C21H25N7O3/c1-2-18(30)28(24)17-10-13(8-9-25-17)20-21(26(22)14-6-4-3-5-7-14)19-15(27(20)23)11-31-12-16(19)29/h4,6-10H,2-3,5,11-12,22-24H2,1H3. The quantitative estimate of drug-likeness (QED) is 0.373. The maximum atomic E-state index is 12.8. The Hall–Kier alpha value is -3.47. The molecule has 1 aliphatic heterocycles. The molecule has 10 heteroatoms. The summed E-state index contributed by atoms with van der Waals surface area (Å²) in [5.41, 5.74) is 3.32. The maximum absolute atomic E-state index is 12.8. The van der Waals surface area contributed by atoms with Gasteiger partial charge in [-0.15, -0.1) is 0 Å². The number of allylic oxidation sites excluding steroid dienone is 3. The molecule has 1 amide bonds. The van der Waals surface area contributed by atoms with Gasteiger partial charge in [0.15, 0.2) is 5.78 Å². The summed E-state index contributed by atoms with van der Waals surface area (Å²) in [4.78, 5) is 29.0. The fraction of sp³-hybridized carbons (Fsp3) is 0.286. The van der Waals surface area contributed by atoms with Gasteiger partial charge in [-0.3, -0.25) is 19.3 Å². The van der Waals surface area contributed by atoms with E-state index in [-0.39, 0.29) is 37.1 Å². The average Bonchev–Trinajstić information content (AvgIpc) is 3.11. The van der Waals surface area contributed by atoms with E-state index in [2.05, 4.69) is 4.98 Å². The number of amides is 1. The summed E-state index contributed by atoms with van der Waals surface area (Å²) >= 11 is 0. The molecule has 2 aromatic heterocycles. The van der Waals surface area contributed by atoms with Crippen LogP contribution >= 0.6 is 0 Å². The van der Waals surface area contributed by atoms with E-state index in [0.29, 0.717) is 28.2 Å². The minimum atomic E-state index is -0.283.